The van der Waals surface area contributed by atoms with Crippen molar-refractivity contribution in [3.05, 3.63) is 63.4 Å². The SMILES string of the molecule is OC1CC(c2cc(F)c(F)cc2F)Oc2cc(Br)ccc21. The number of hydrogen-bond acceptors (Lipinski definition) is 2. The van der Waals surface area contributed by atoms with Crippen LogP contribution >= 0.6 is 15.9 Å². The van der Waals surface area contributed by atoms with E-state index in [0.717, 1.165) is 10.5 Å². The van der Waals surface area contributed by atoms with Crippen LogP contribution in [0.5, 0.6) is 5.75 Å². The summed E-state index contributed by atoms with van der Waals surface area (Å²) >= 11 is 3.28. The minimum Gasteiger partial charge on any atom is -0.485 e. The summed E-state index contributed by atoms with van der Waals surface area (Å²) in [7, 11) is 0. The van der Waals surface area contributed by atoms with E-state index >= 15 is 0 Å². The monoisotopic (exact) mass is 358 g/mol. The van der Waals surface area contributed by atoms with E-state index in [9.17, 15) is 18.3 Å². The lowest BCUT2D eigenvalue weighted by Crippen LogP contribution is -2.20. The highest BCUT2D eigenvalue weighted by molar-refractivity contribution is 9.10. The zero-order valence-corrected chi connectivity index (χ0v) is 12.2. The molecule has 110 valence electrons. The summed E-state index contributed by atoms with van der Waals surface area (Å²) < 4.78 is 46.5. The first kappa shape index (κ1) is 14.4. The Labute approximate surface area is 127 Å². The van der Waals surface area contributed by atoms with Crippen molar-refractivity contribution in [2.75, 3.05) is 0 Å². The number of aliphatic hydroxyl groups excluding tert-OH is 1. The number of ether oxygens (including phenoxy) is 1. The Morgan fingerprint density at radius 3 is 2.48 bits per heavy atom. The summed E-state index contributed by atoms with van der Waals surface area (Å²) in [6.07, 6.45) is -1.67. The lowest BCUT2D eigenvalue weighted by molar-refractivity contribution is 0.0637. The van der Waals surface area contributed by atoms with Gasteiger partial charge in [-0.1, -0.05) is 22.0 Å². The third-order valence-corrected chi connectivity index (χ3v) is 3.92. The van der Waals surface area contributed by atoms with Gasteiger partial charge in [0, 0.05) is 28.1 Å². The molecular weight excluding hydrogens is 349 g/mol. The topological polar surface area (TPSA) is 29.5 Å². The van der Waals surface area contributed by atoms with Gasteiger partial charge in [-0.25, -0.2) is 13.2 Å². The summed E-state index contributed by atoms with van der Waals surface area (Å²) in [5, 5.41) is 10.1. The van der Waals surface area contributed by atoms with Crippen molar-refractivity contribution in [2.45, 2.75) is 18.6 Å². The number of halogens is 4. The van der Waals surface area contributed by atoms with Gasteiger partial charge in [-0.15, -0.1) is 0 Å². The van der Waals surface area contributed by atoms with Crippen LogP contribution < -0.4 is 4.74 Å². The van der Waals surface area contributed by atoms with E-state index in [1.54, 1.807) is 18.2 Å². The number of rotatable bonds is 1. The van der Waals surface area contributed by atoms with E-state index in [1.807, 2.05) is 0 Å². The summed E-state index contributed by atoms with van der Waals surface area (Å²) in [6, 6.07) is 6.34. The van der Waals surface area contributed by atoms with Crippen molar-refractivity contribution in [1.82, 2.24) is 0 Å². The molecule has 3 rings (SSSR count). The molecule has 0 aliphatic carbocycles. The number of hydrogen-bond donors (Lipinski definition) is 1. The molecule has 2 aromatic carbocycles. The van der Waals surface area contributed by atoms with Gasteiger partial charge in [-0.05, 0) is 18.2 Å². The molecule has 6 heteroatoms. The summed E-state index contributed by atoms with van der Waals surface area (Å²) in [6.45, 7) is 0. The first-order valence-corrected chi connectivity index (χ1v) is 7.03. The highest BCUT2D eigenvalue weighted by Gasteiger charge is 2.30. The van der Waals surface area contributed by atoms with Crippen LogP contribution in [0, 0.1) is 17.5 Å². The molecule has 1 N–H and O–H groups in total. The maximum absolute atomic E-state index is 13.8. The number of fused-ring (bicyclic) bond motifs is 1. The predicted octanol–water partition coefficient (Wildman–Crippen LogP) is 4.42. The molecule has 0 saturated heterocycles. The van der Waals surface area contributed by atoms with Crippen LogP contribution in [-0.2, 0) is 0 Å². The second kappa shape index (κ2) is 5.35. The quantitative estimate of drug-likeness (QED) is 0.764. The normalized spacial score (nSPS) is 20.8. The molecule has 0 saturated carbocycles. The zero-order chi connectivity index (χ0) is 15.1. The Bertz CT molecular complexity index is 706. The smallest absolute Gasteiger partial charge is 0.161 e. The van der Waals surface area contributed by atoms with Crippen molar-refractivity contribution in [2.24, 2.45) is 0 Å². The van der Waals surface area contributed by atoms with Gasteiger partial charge in [0.05, 0.1) is 6.10 Å². The highest BCUT2D eigenvalue weighted by atomic mass is 79.9. The predicted molar refractivity (Wildman–Crippen MR) is 73.4 cm³/mol. The van der Waals surface area contributed by atoms with E-state index < -0.39 is 29.7 Å². The van der Waals surface area contributed by atoms with Gasteiger partial charge in [0.1, 0.15) is 17.7 Å². The van der Waals surface area contributed by atoms with Crippen molar-refractivity contribution < 1.29 is 23.0 Å². The Morgan fingerprint density at radius 1 is 1.00 bits per heavy atom. The molecule has 0 amide bonds. The third kappa shape index (κ3) is 2.65. The molecule has 0 fully saturated rings. The van der Waals surface area contributed by atoms with Gasteiger partial charge < -0.3 is 9.84 Å². The molecule has 1 heterocycles. The maximum atomic E-state index is 13.8. The zero-order valence-electron chi connectivity index (χ0n) is 10.6. The molecule has 0 aromatic heterocycles. The van der Waals surface area contributed by atoms with Gasteiger partial charge in [-0.2, -0.15) is 0 Å². The first-order valence-electron chi connectivity index (χ1n) is 6.24. The molecule has 1 aliphatic heterocycles. The molecule has 2 atom stereocenters. The summed E-state index contributed by atoms with van der Waals surface area (Å²) in [5.41, 5.74) is 0.469. The molecular formula is C15H10BrF3O2. The maximum Gasteiger partial charge on any atom is 0.161 e. The van der Waals surface area contributed by atoms with Crippen molar-refractivity contribution in [1.29, 1.82) is 0 Å². The Morgan fingerprint density at radius 2 is 1.71 bits per heavy atom. The van der Waals surface area contributed by atoms with Crippen LogP contribution in [0.4, 0.5) is 13.2 Å². The lowest BCUT2D eigenvalue weighted by atomic mass is 9.94. The number of benzene rings is 2. The van der Waals surface area contributed by atoms with Crippen molar-refractivity contribution in [3.63, 3.8) is 0 Å². The van der Waals surface area contributed by atoms with Gasteiger partial charge in [0.2, 0.25) is 0 Å². The average molecular weight is 359 g/mol. The van der Waals surface area contributed by atoms with Crippen molar-refractivity contribution in [3.8, 4) is 5.75 Å². The minimum absolute atomic E-state index is 0.0661. The van der Waals surface area contributed by atoms with Crippen LogP contribution in [0.2, 0.25) is 0 Å². The molecule has 0 spiro atoms. The average Bonchev–Trinajstić information content (AvgIpc) is 2.42. The largest absolute Gasteiger partial charge is 0.485 e. The van der Waals surface area contributed by atoms with E-state index in [-0.39, 0.29) is 12.0 Å². The molecule has 2 unspecified atom stereocenters. The Balaban J connectivity index is 2.01. The van der Waals surface area contributed by atoms with Gasteiger partial charge in [-0.3, -0.25) is 0 Å². The van der Waals surface area contributed by atoms with Gasteiger partial charge in [0.25, 0.3) is 0 Å². The fraction of sp³-hybridized carbons (Fsp3) is 0.200. The summed E-state index contributed by atoms with van der Waals surface area (Å²) in [5.74, 6) is -2.91. The second-order valence-electron chi connectivity index (χ2n) is 4.83. The first-order chi connectivity index (χ1) is 9.95. The standard InChI is InChI=1S/C15H10BrF3O2/c16-7-1-2-8-13(20)6-15(21-14(8)3-7)9-4-11(18)12(19)5-10(9)17/h1-5,13,15,20H,6H2. The van der Waals surface area contributed by atoms with E-state index in [2.05, 4.69) is 15.9 Å². The van der Waals surface area contributed by atoms with Crippen LogP contribution in [0.3, 0.4) is 0 Å². The highest BCUT2D eigenvalue weighted by Crippen LogP contribution is 2.42. The lowest BCUT2D eigenvalue weighted by Gasteiger charge is -2.30. The van der Waals surface area contributed by atoms with Crippen LogP contribution in [-0.4, -0.2) is 5.11 Å². The van der Waals surface area contributed by atoms with E-state index in [0.29, 0.717) is 17.4 Å². The van der Waals surface area contributed by atoms with E-state index in [1.165, 1.54) is 0 Å². The van der Waals surface area contributed by atoms with E-state index in [4.69, 9.17) is 4.74 Å². The van der Waals surface area contributed by atoms with Gasteiger partial charge >= 0.3 is 0 Å². The van der Waals surface area contributed by atoms with Crippen LogP contribution in [0.1, 0.15) is 29.8 Å². The molecule has 0 bridgehead atoms. The Kier molecular flexibility index (Phi) is 3.67. The fourth-order valence-corrected chi connectivity index (χ4v) is 2.73. The third-order valence-electron chi connectivity index (χ3n) is 3.43. The van der Waals surface area contributed by atoms with Gasteiger partial charge in [0.15, 0.2) is 11.6 Å². The summed E-state index contributed by atoms with van der Waals surface area (Å²) in [4.78, 5) is 0. The minimum atomic E-state index is -1.25. The number of aliphatic hydroxyl groups is 1. The molecule has 0 radical (unpaired) electrons. The molecule has 1 aliphatic rings. The van der Waals surface area contributed by atoms with Crippen LogP contribution in [0.15, 0.2) is 34.8 Å². The molecule has 2 nitrogen and oxygen atoms in total. The van der Waals surface area contributed by atoms with Crippen LogP contribution in [0.25, 0.3) is 0 Å². The fourth-order valence-electron chi connectivity index (χ4n) is 2.39. The van der Waals surface area contributed by atoms with Crippen molar-refractivity contribution >= 4 is 15.9 Å². The molecule has 21 heavy (non-hydrogen) atoms. The molecule has 2 aromatic rings. The Hall–Kier alpha value is -1.53. The second-order valence-corrected chi connectivity index (χ2v) is 5.74.